The van der Waals surface area contributed by atoms with E-state index < -0.39 is 11.7 Å². The van der Waals surface area contributed by atoms with Crippen LogP contribution in [0.2, 0.25) is 0 Å². The molecule has 1 aliphatic rings. The van der Waals surface area contributed by atoms with Crippen LogP contribution in [0.5, 0.6) is 0 Å². The molecule has 1 saturated carbocycles. The van der Waals surface area contributed by atoms with Gasteiger partial charge in [-0.05, 0) is 37.7 Å². The van der Waals surface area contributed by atoms with Crippen LogP contribution in [0.1, 0.15) is 44.3 Å². The first-order valence-electron chi connectivity index (χ1n) is 5.93. The largest absolute Gasteiger partial charge is 0.472 e. The lowest BCUT2D eigenvalue weighted by Gasteiger charge is -2.41. The SMILES string of the molecule is COC1(C(O)c2ccoc2)CCC(C)CC1. The average Bonchev–Trinajstić information content (AvgIpc) is 2.83. The summed E-state index contributed by atoms with van der Waals surface area (Å²) in [5.41, 5.74) is 0.396. The second kappa shape index (κ2) is 4.60. The highest BCUT2D eigenvalue weighted by Crippen LogP contribution is 2.42. The van der Waals surface area contributed by atoms with Crippen LogP contribution < -0.4 is 0 Å². The molecular weight excluding hydrogens is 204 g/mol. The Bertz CT molecular complexity index is 310. The molecule has 2 rings (SSSR count). The number of hydrogen-bond acceptors (Lipinski definition) is 3. The molecule has 1 aromatic rings. The molecule has 0 saturated heterocycles. The summed E-state index contributed by atoms with van der Waals surface area (Å²) in [5, 5.41) is 10.4. The highest BCUT2D eigenvalue weighted by Gasteiger charge is 2.41. The summed E-state index contributed by atoms with van der Waals surface area (Å²) >= 11 is 0. The second-order valence-corrected chi connectivity index (χ2v) is 4.91. The maximum atomic E-state index is 10.4. The number of hydrogen-bond donors (Lipinski definition) is 1. The Labute approximate surface area is 96.4 Å². The summed E-state index contributed by atoms with van der Waals surface area (Å²) in [7, 11) is 1.69. The quantitative estimate of drug-likeness (QED) is 0.858. The first-order chi connectivity index (χ1) is 7.68. The van der Waals surface area contributed by atoms with Gasteiger partial charge in [0.2, 0.25) is 0 Å². The van der Waals surface area contributed by atoms with Crippen molar-refractivity contribution in [1.82, 2.24) is 0 Å². The van der Waals surface area contributed by atoms with E-state index in [1.165, 1.54) is 0 Å². The average molecular weight is 224 g/mol. The topological polar surface area (TPSA) is 42.6 Å². The maximum absolute atomic E-state index is 10.4. The van der Waals surface area contributed by atoms with Crippen LogP contribution in [0, 0.1) is 5.92 Å². The highest BCUT2D eigenvalue weighted by atomic mass is 16.5. The molecule has 1 heterocycles. The van der Waals surface area contributed by atoms with Crippen LogP contribution in [0.25, 0.3) is 0 Å². The second-order valence-electron chi connectivity index (χ2n) is 4.91. The fraction of sp³-hybridized carbons (Fsp3) is 0.692. The molecule has 0 bridgehead atoms. The Kier molecular flexibility index (Phi) is 3.36. The minimum Gasteiger partial charge on any atom is -0.472 e. The third kappa shape index (κ3) is 2.02. The van der Waals surface area contributed by atoms with Crippen molar-refractivity contribution in [3.63, 3.8) is 0 Å². The molecule has 3 heteroatoms. The zero-order valence-corrected chi connectivity index (χ0v) is 9.98. The minimum atomic E-state index is -0.580. The number of furan rings is 1. The molecule has 16 heavy (non-hydrogen) atoms. The molecule has 1 N–H and O–H groups in total. The highest BCUT2D eigenvalue weighted by molar-refractivity contribution is 5.15. The van der Waals surface area contributed by atoms with Gasteiger partial charge in [0.05, 0.1) is 18.1 Å². The van der Waals surface area contributed by atoms with Gasteiger partial charge in [-0.1, -0.05) is 6.92 Å². The lowest BCUT2D eigenvalue weighted by molar-refractivity contribution is -0.130. The summed E-state index contributed by atoms with van der Waals surface area (Å²) in [5.74, 6) is 0.736. The van der Waals surface area contributed by atoms with Gasteiger partial charge in [0.1, 0.15) is 6.10 Å². The Balaban J connectivity index is 2.15. The maximum Gasteiger partial charge on any atom is 0.111 e. The first kappa shape index (κ1) is 11.7. The van der Waals surface area contributed by atoms with Crippen molar-refractivity contribution < 1.29 is 14.3 Å². The first-order valence-corrected chi connectivity index (χ1v) is 5.93. The Morgan fingerprint density at radius 1 is 1.50 bits per heavy atom. The van der Waals surface area contributed by atoms with Gasteiger partial charge in [-0.15, -0.1) is 0 Å². The van der Waals surface area contributed by atoms with E-state index in [1.807, 2.05) is 6.07 Å². The lowest BCUT2D eigenvalue weighted by atomic mass is 9.75. The van der Waals surface area contributed by atoms with Crippen LogP contribution in [-0.2, 0) is 4.74 Å². The fourth-order valence-corrected chi connectivity index (χ4v) is 2.57. The summed E-state index contributed by atoms with van der Waals surface area (Å²) < 4.78 is 10.6. The van der Waals surface area contributed by atoms with Crippen molar-refractivity contribution >= 4 is 0 Å². The van der Waals surface area contributed by atoms with E-state index in [4.69, 9.17) is 9.15 Å². The molecule has 0 aromatic carbocycles. The lowest BCUT2D eigenvalue weighted by Crippen LogP contribution is -2.41. The Morgan fingerprint density at radius 2 is 2.19 bits per heavy atom. The third-order valence-corrected chi connectivity index (χ3v) is 3.88. The molecule has 1 unspecified atom stereocenters. The summed E-state index contributed by atoms with van der Waals surface area (Å²) in [6.45, 7) is 2.25. The molecular formula is C13H20O3. The van der Waals surface area contributed by atoms with Gasteiger partial charge in [0.15, 0.2) is 0 Å². The van der Waals surface area contributed by atoms with E-state index in [0.29, 0.717) is 0 Å². The monoisotopic (exact) mass is 224 g/mol. The van der Waals surface area contributed by atoms with E-state index in [-0.39, 0.29) is 0 Å². The van der Waals surface area contributed by atoms with Crippen molar-refractivity contribution in [2.45, 2.75) is 44.3 Å². The number of rotatable bonds is 3. The predicted molar refractivity (Wildman–Crippen MR) is 61.0 cm³/mol. The number of aliphatic hydroxyl groups is 1. The fourth-order valence-electron chi connectivity index (χ4n) is 2.57. The molecule has 1 fully saturated rings. The van der Waals surface area contributed by atoms with Crippen molar-refractivity contribution in [2.24, 2.45) is 5.92 Å². The summed E-state index contributed by atoms with van der Waals surface area (Å²) in [6.07, 6.45) is 6.67. The van der Waals surface area contributed by atoms with E-state index in [0.717, 1.165) is 37.2 Å². The molecule has 1 aromatic heterocycles. The minimum absolute atomic E-state index is 0.420. The number of methoxy groups -OCH3 is 1. The molecule has 1 aliphatic carbocycles. The molecule has 0 aliphatic heterocycles. The van der Waals surface area contributed by atoms with Crippen LogP contribution in [0.4, 0.5) is 0 Å². The summed E-state index contributed by atoms with van der Waals surface area (Å²) in [6, 6.07) is 1.81. The zero-order chi connectivity index (χ0) is 11.6. The van der Waals surface area contributed by atoms with Crippen LogP contribution in [0.15, 0.2) is 23.0 Å². The van der Waals surface area contributed by atoms with Crippen LogP contribution >= 0.6 is 0 Å². The normalized spacial score (nSPS) is 32.6. The van der Waals surface area contributed by atoms with Crippen molar-refractivity contribution in [3.05, 3.63) is 24.2 Å². The van der Waals surface area contributed by atoms with E-state index in [2.05, 4.69) is 6.92 Å². The van der Waals surface area contributed by atoms with E-state index in [9.17, 15) is 5.11 Å². The van der Waals surface area contributed by atoms with Crippen LogP contribution in [0.3, 0.4) is 0 Å². The zero-order valence-electron chi connectivity index (χ0n) is 9.98. The van der Waals surface area contributed by atoms with Gasteiger partial charge in [-0.2, -0.15) is 0 Å². The van der Waals surface area contributed by atoms with Crippen LogP contribution in [-0.4, -0.2) is 17.8 Å². The van der Waals surface area contributed by atoms with Gasteiger partial charge in [0, 0.05) is 12.7 Å². The number of aliphatic hydroxyl groups excluding tert-OH is 1. The van der Waals surface area contributed by atoms with Gasteiger partial charge in [-0.3, -0.25) is 0 Å². The van der Waals surface area contributed by atoms with Gasteiger partial charge >= 0.3 is 0 Å². The Morgan fingerprint density at radius 3 is 2.69 bits per heavy atom. The predicted octanol–water partition coefficient (Wildman–Crippen LogP) is 2.91. The smallest absolute Gasteiger partial charge is 0.111 e. The third-order valence-electron chi connectivity index (χ3n) is 3.88. The molecule has 1 atom stereocenters. The number of ether oxygens (including phenoxy) is 1. The standard InChI is InChI=1S/C13H20O3/c1-10-3-6-13(15-2,7-4-10)12(14)11-5-8-16-9-11/h5,8-10,12,14H,3-4,6-7H2,1-2H3. The van der Waals surface area contributed by atoms with Gasteiger partial charge < -0.3 is 14.3 Å². The van der Waals surface area contributed by atoms with Gasteiger partial charge in [0.25, 0.3) is 0 Å². The van der Waals surface area contributed by atoms with E-state index in [1.54, 1.807) is 19.6 Å². The van der Waals surface area contributed by atoms with Crippen molar-refractivity contribution in [2.75, 3.05) is 7.11 Å². The Hall–Kier alpha value is -0.800. The molecule has 3 nitrogen and oxygen atoms in total. The molecule has 90 valence electrons. The summed E-state index contributed by atoms with van der Waals surface area (Å²) in [4.78, 5) is 0. The van der Waals surface area contributed by atoms with Crippen molar-refractivity contribution in [3.8, 4) is 0 Å². The molecule has 0 amide bonds. The van der Waals surface area contributed by atoms with Gasteiger partial charge in [-0.25, -0.2) is 0 Å². The van der Waals surface area contributed by atoms with Crippen molar-refractivity contribution in [1.29, 1.82) is 0 Å². The molecule has 0 radical (unpaired) electrons. The molecule has 0 spiro atoms. The van der Waals surface area contributed by atoms with E-state index >= 15 is 0 Å².